The van der Waals surface area contributed by atoms with Crippen molar-refractivity contribution in [2.24, 2.45) is 0 Å². The lowest BCUT2D eigenvalue weighted by atomic mass is 9.99. The van der Waals surface area contributed by atoms with Crippen molar-refractivity contribution in [3.05, 3.63) is 98.7 Å². The molecular weight excluding hydrogens is 404 g/mol. The fraction of sp³-hybridized carbons (Fsp3) is 0.0769. The number of benzene rings is 4. The number of rotatable bonds is 3. The minimum Gasteiger partial charge on any atom is -0.467 e. The summed E-state index contributed by atoms with van der Waals surface area (Å²) in [4.78, 5) is 30.5. The smallest absolute Gasteiger partial charge is 0.196 e. The van der Waals surface area contributed by atoms with E-state index in [0.717, 1.165) is 11.1 Å². The van der Waals surface area contributed by atoms with Crippen molar-refractivity contribution in [1.82, 2.24) is 4.98 Å². The highest BCUT2D eigenvalue weighted by Crippen LogP contribution is 2.32. The molecule has 156 valence electrons. The molecule has 6 aromatic rings. The lowest BCUT2D eigenvalue weighted by Crippen LogP contribution is -2.15. The summed E-state index contributed by atoms with van der Waals surface area (Å²) in [6, 6.07) is 18.1. The molecule has 0 aliphatic heterocycles. The maximum absolute atomic E-state index is 13.6. The van der Waals surface area contributed by atoms with Crippen molar-refractivity contribution in [2.45, 2.75) is 13.5 Å². The first-order valence-corrected chi connectivity index (χ1v) is 10.3. The molecule has 0 bridgehead atoms. The van der Waals surface area contributed by atoms with Crippen LogP contribution in [0.25, 0.3) is 43.7 Å². The average molecular weight is 422 g/mol. The summed E-state index contributed by atoms with van der Waals surface area (Å²) in [6.07, 6.45) is 1.59. The van der Waals surface area contributed by atoms with Gasteiger partial charge in [-0.05, 0) is 30.7 Å². The number of aryl methyl sites for hydroxylation is 1. The van der Waals surface area contributed by atoms with E-state index >= 15 is 0 Å². The van der Waals surface area contributed by atoms with Crippen LogP contribution in [0.15, 0.2) is 85.4 Å². The zero-order chi connectivity index (χ0) is 21.8. The number of hydrogen-bond acceptors (Lipinski definition) is 5. The third-order valence-corrected chi connectivity index (χ3v) is 5.90. The number of fused-ring (bicyclic) bond motifs is 5. The van der Waals surface area contributed by atoms with E-state index in [0.29, 0.717) is 56.2 Å². The number of para-hydroxylation sites is 1. The molecular formula is C26H18N2O4. The Labute approximate surface area is 181 Å². The monoisotopic (exact) mass is 422 g/mol. The Kier molecular flexibility index (Phi) is 3.95. The van der Waals surface area contributed by atoms with Crippen LogP contribution in [0, 0.1) is 6.92 Å². The molecule has 0 atom stereocenters. The largest absolute Gasteiger partial charge is 0.467 e. The summed E-state index contributed by atoms with van der Waals surface area (Å²) in [6.45, 7) is 2.33. The third-order valence-electron chi connectivity index (χ3n) is 5.90. The van der Waals surface area contributed by atoms with Crippen molar-refractivity contribution >= 4 is 49.4 Å². The lowest BCUT2D eigenvalue weighted by Gasteiger charge is -2.13. The van der Waals surface area contributed by atoms with Gasteiger partial charge in [-0.2, -0.15) is 0 Å². The first-order chi connectivity index (χ1) is 15.6. The standard InChI is InChI=1S/C26H18N2O4/c1-14-6-4-10-19-23(14)28-24-20(32-19)12-18(27-13-15-7-5-11-31-15)21-22(24)26(30)17-9-3-2-8-16(17)25(21)29/h2-12,27-28H,13H2,1H3. The van der Waals surface area contributed by atoms with E-state index in [-0.39, 0.29) is 10.9 Å². The number of aromatic nitrogens is 1. The SMILES string of the molecule is Cc1cccc2oc3cc(NCc4ccco4)c4c(=O)c5ccccc5c(=O)c4c3[nH]c12. The molecule has 6 heteroatoms. The minimum absolute atomic E-state index is 0.197. The number of hydrogen-bond donors (Lipinski definition) is 2. The predicted octanol–water partition coefficient (Wildman–Crippen LogP) is 5.45. The normalized spacial score (nSPS) is 11.7. The van der Waals surface area contributed by atoms with Crippen LogP contribution in [-0.2, 0) is 6.54 Å². The van der Waals surface area contributed by atoms with Crippen LogP contribution in [0.5, 0.6) is 0 Å². The van der Waals surface area contributed by atoms with Gasteiger partial charge in [-0.3, -0.25) is 9.59 Å². The molecule has 2 heterocycles. The highest BCUT2D eigenvalue weighted by Gasteiger charge is 2.19. The van der Waals surface area contributed by atoms with E-state index in [9.17, 15) is 9.59 Å². The Bertz CT molecular complexity index is 1780. The minimum atomic E-state index is -0.207. The van der Waals surface area contributed by atoms with Crippen molar-refractivity contribution < 1.29 is 8.83 Å². The first-order valence-electron chi connectivity index (χ1n) is 10.3. The molecule has 0 radical (unpaired) electrons. The maximum atomic E-state index is 13.6. The summed E-state index contributed by atoms with van der Waals surface area (Å²) < 4.78 is 11.6. The van der Waals surface area contributed by atoms with Gasteiger partial charge in [-0.25, -0.2) is 0 Å². The third kappa shape index (κ3) is 2.66. The molecule has 6 nitrogen and oxygen atoms in total. The topological polar surface area (TPSA) is 88.2 Å². The molecule has 0 fully saturated rings. The second kappa shape index (κ2) is 6.85. The van der Waals surface area contributed by atoms with Crippen LogP contribution in [-0.4, -0.2) is 4.98 Å². The number of H-pyrrole nitrogens is 1. The molecule has 0 spiro atoms. The van der Waals surface area contributed by atoms with Gasteiger partial charge < -0.3 is 19.1 Å². The summed E-state index contributed by atoms with van der Waals surface area (Å²) in [7, 11) is 0. The van der Waals surface area contributed by atoms with Gasteiger partial charge in [-0.1, -0.05) is 36.4 Å². The highest BCUT2D eigenvalue weighted by atomic mass is 16.3. The van der Waals surface area contributed by atoms with Crippen molar-refractivity contribution in [1.29, 1.82) is 0 Å². The second-order valence-electron chi connectivity index (χ2n) is 7.86. The van der Waals surface area contributed by atoms with E-state index in [1.54, 1.807) is 42.7 Å². The van der Waals surface area contributed by atoms with E-state index < -0.39 is 0 Å². The van der Waals surface area contributed by atoms with Crippen LogP contribution >= 0.6 is 0 Å². The fourth-order valence-corrected chi connectivity index (χ4v) is 4.34. The first kappa shape index (κ1) is 18.4. The van der Waals surface area contributed by atoms with Crippen molar-refractivity contribution in [3.63, 3.8) is 0 Å². The van der Waals surface area contributed by atoms with Crippen molar-refractivity contribution in [3.8, 4) is 0 Å². The maximum Gasteiger partial charge on any atom is 0.196 e. The number of anilines is 1. The molecule has 0 aliphatic carbocycles. The van der Waals surface area contributed by atoms with Gasteiger partial charge >= 0.3 is 0 Å². The molecule has 0 saturated carbocycles. The summed E-state index contributed by atoms with van der Waals surface area (Å²) in [5.41, 5.74) is 3.57. The average Bonchev–Trinajstić information content (AvgIpc) is 3.33. The summed E-state index contributed by atoms with van der Waals surface area (Å²) in [5.74, 6) is 0.714. The van der Waals surface area contributed by atoms with Gasteiger partial charge in [0.1, 0.15) is 5.76 Å². The molecule has 0 unspecified atom stereocenters. The molecule has 32 heavy (non-hydrogen) atoms. The quantitative estimate of drug-likeness (QED) is 0.292. The lowest BCUT2D eigenvalue weighted by molar-refractivity contribution is 0.518. The molecule has 4 aromatic carbocycles. The molecule has 0 saturated heterocycles. The Hall–Kier alpha value is -4.32. The number of nitrogens with one attached hydrogen (secondary N) is 2. The van der Waals surface area contributed by atoms with Gasteiger partial charge in [0.15, 0.2) is 22.0 Å². The fourth-order valence-electron chi connectivity index (χ4n) is 4.34. The highest BCUT2D eigenvalue weighted by molar-refractivity contribution is 6.14. The van der Waals surface area contributed by atoms with E-state index in [2.05, 4.69) is 10.3 Å². The Morgan fingerprint density at radius 2 is 1.62 bits per heavy atom. The molecule has 2 N–H and O–H groups in total. The summed E-state index contributed by atoms with van der Waals surface area (Å²) in [5, 5.41) is 4.73. The van der Waals surface area contributed by atoms with Gasteiger partial charge in [-0.15, -0.1) is 0 Å². The van der Waals surface area contributed by atoms with E-state index in [1.165, 1.54) is 0 Å². The second-order valence-corrected chi connectivity index (χ2v) is 7.86. The molecule has 2 aromatic heterocycles. The summed E-state index contributed by atoms with van der Waals surface area (Å²) >= 11 is 0. The molecule has 0 aliphatic rings. The predicted molar refractivity (Wildman–Crippen MR) is 126 cm³/mol. The van der Waals surface area contributed by atoms with Gasteiger partial charge in [0.05, 0.1) is 40.3 Å². The van der Waals surface area contributed by atoms with E-state index in [4.69, 9.17) is 8.83 Å². The van der Waals surface area contributed by atoms with Crippen LogP contribution in [0.3, 0.4) is 0 Å². The Balaban J connectivity index is 1.78. The Morgan fingerprint density at radius 1 is 0.844 bits per heavy atom. The van der Waals surface area contributed by atoms with Crippen LogP contribution < -0.4 is 16.2 Å². The Morgan fingerprint density at radius 3 is 2.38 bits per heavy atom. The van der Waals surface area contributed by atoms with Crippen LogP contribution in [0.1, 0.15) is 11.3 Å². The van der Waals surface area contributed by atoms with Crippen LogP contribution in [0.4, 0.5) is 5.69 Å². The van der Waals surface area contributed by atoms with Crippen molar-refractivity contribution in [2.75, 3.05) is 5.32 Å². The van der Waals surface area contributed by atoms with E-state index in [1.807, 2.05) is 31.2 Å². The number of furan rings is 1. The zero-order valence-electron chi connectivity index (χ0n) is 17.2. The van der Waals surface area contributed by atoms with Crippen LogP contribution in [0.2, 0.25) is 0 Å². The zero-order valence-corrected chi connectivity index (χ0v) is 17.2. The van der Waals surface area contributed by atoms with Gasteiger partial charge in [0.25, 0.3) is 0 Å². The number of aromatic amines is 1. The molecule has 0 amide bonds. The molecule has 6 rings (SSSR count). The van der Waals surface area contributed by atoms with Gasteiger partial charge in [0, 0.05) is 16.8 Å². The van der Waals surface area contributed by atoms with Gasteiger partial charge in [0.2, 0.25) is 0 Å².